The molecular weight excluding hydrogens is 240 g/mol. The summed E-state index contributed by atoms with van der Waals surface area (Å²) in [5.41, 5.74) is 5.58. The zero-order chi connectivity index (χ0) is 13.0. The molecule has 0 aliphatic rings. The van der Waals surface area contributed by atoms with E-state index in [1.807, 2.05) is 0 Å². The third kappa shape index (κ3) is 3.60. The van der Waals surface area contributed by atoms with Gasteiger partial charge in [0.25, 0.3) is 5.91 Å². The van der Waals surface area contributed by atoms with Crippen molar-refractivity contribution in [3.8, 4) is 11.5 Å². The second-order valence-corrected chi connectivity index (χ2v) is 4.05. The van der Waals surface area contributed by atoms with Crippen LogP contribution in [0.1, 0.15) is 17.3 Å². The van der Waals surface area contributed by atoms with Crippen LogP contribution in [0.5, 0.6) is 11.5 Å². The number of phenols is 2. The van der Waals surface area contributed by atoms with Gasteiger partial charge in [0.2, 0.25) is 0 Å². The molecule has 0 saturated carbocycles. The van der Waals surface area contributed by atoms with E-state index in [-0.39, 0.29) is 34.5 Å². The van der Waals surface area contributed by atoms with Crippen LogP contribution in [-0.4, -0.2) is 39.1 Å². The first kappa shape index (κ1) is 13.2. The van der Waals surface area contributed by atoms with E-state index in [0.29, 0.717) is 6.54 Å². The Morgan fingerprint density at radius 3 is 2.29 bits per heavy atom. The van der Waals surface area contributed by atoms with Crippen molar-refractivity contribution < 1.29 is 15.0 Å². The van der Waals surface area contributed by atoms with Crippen molar-refractivity contribution in [3.05, 3.63) is 23.8 Å². The van der Waals surface area contributed by atoms with E-state index >= 15 is 0 Å². The average molecular weight is 254 g/mol. The fraction of sp³-hybridized carbons (Fsp3) is 0.273. The van der Waals surface area contributed by atoms with Crippen LogP contribution in [0.4, 0.5) is 0 Å². The molecule has 4 N–H and O–H groups in total. The maximum atomic E-state index is 12.0. The molecule has 1 amide bonds. The lowest BCUT2D eigenvalue weighted by Crippen LogP contribution is -2.37. The zero-order valence-corrected chi connectivity index (χ0v) is 10.2. The Morgan fingerprint density at radius 1 is 1.35 bits per heavy atom. The van der Waals surface area contributed by atoms with Crippen LogP contribution < -0.4 is 5.73 Å². The first-order chi connectivity index (χ1) is 7.93. The van der Waals surface area contributed by atoms with Crippen LogP contribution >= 0.6 is 12.2 Å². The van der Waals surface area contributed by atoms with Crippen molar-refractivity contribution in [1.82, 2.24) is 4.90 Å². The van der Waals surface area contributed by atoms with Crippen LogP contribution in [0.25, 0.3) is 0 Å². The number of thiocarbonyl (C=S) groups is 1. The molecule has 0 spiro atoms. The van der Waals surface area contributed by atoms with Crippen molar-refractivity contribution in [1.29, 1.82) is 0 Å². The van der Waals surface area contributed by atoms with Gasteiger partial charge in [-0.25, -0.2) is 0 Å². The topological polar surface area (TPSA) is 86.8 Å². The van der Waals surface area contributed by atoms with Crippen molar-refractivity contribution in [2.75, 3.05) is 13.1 Å². The summed E-state index contributed by atoms with van der Waals surface area (Å²) in [5.74, 6) is -0.675. The Hall–Kier alpha value is -1.82. The number of benzene rings is 1. The van der Waals surface area contributed by atoms with E-state index in [2.05, 4.69) is 0 Å². The number of likely N-dealkylation sites (N-methyl/N-ethyl adjacent to an activating group) is 1. The first-order valence-electron chi connectivity index (χ1n) is 5.04. The highest BCUT2D eigenvalue weighted by Gasteiger charge is 2.16. The number of hydrogen-bond donors (Lipinski definition) is 3. The largest absolute Gasteiger partial charge is 0.508 e. The molecule has 6 heteroatoms. The normalized spacial score (nSPS) is 9.94. The lowest BCUT2D eigenvalue weighted by molar-refractivity contribution is 0.0787. The molecule has 1 aromatic rings. The van der Waals surface area contributed by atoms with E-state index in [1.54, 1.807) is 6.92 Å². The standard InChI is InChI=1S/C11H14N2O3S/c1-2-13(6-10(12)17)11(16)7-3-8(14)5-9(15)4-7/h3-5,14-15H,2,6H2,1H3,(H2,12,17). The highest BCUT2D eigenvalue weighted by Crippen LogP contribution is 2.21. The minimum atomic E-state index is -0.341. The summed E-state index contributed by atoms with van der Waals surface area (Å²) >= 11 is 4.74. The molecule has 0 atom stereocenters. The highest BCUT2D eigenvalue weighted by molar-refractivity contribution is 7.80. The number of nitrogens with zero attached hydrogens (tertiary/aromatic N) is 1. The number of hydrogen-bond acceptors (Lipinski definition) is 4. The lowest BCUT2D eigenvalue weighted by Gasteiger charge is -2.20. The van der Waals surface area contributed by atoms with Gasteiger partial charge in [-0.3, -0.25) is 4.79 Å². The summed E-state index contributed by atoms with van der Waals surface area (Å²) in [7, 11) is 0. The van der Waals surface area contributed by atoms with E-state index in [4.69, 9.17) is 18.0 Å². The Bertz CT molecular complexity index is 428. The predicted octanol–water partition coefficient (Wildman–Crippen LogP) is 0.846. The number of phenolic OH excluding ortho intramolecular Hbond substituents is 2. The molecular formula is C11H14N2O3S. The molecule has 0 aliphatic carbocycles. The summed E-state index contributed by atoms with van der Waals surface area (Å²) in [6.45, 7) is 2.40. The van der Waals surface area contributed by atoms with Crippen molar-refractivity contribution in [2.45, 2.75) is 6.92 Å². The molecule has 0 aliphatic heterocycles. The van der Waals surface area contributed by atoms with Gasteiger partial charge < -0.3 is 20.8 Å². The quantitative estimate of drug-likeness (QED) is 0.693. The summed E-state index contributed by atoms with van der Waals surface area (Å²) in [6, 6.07) is 3.72. The number of amides is 1. The maximum Gasteiger partial charge on any atom is 0.254 e. The Kier molecular flexibility index (Phi) is 4.28. The number of carbonyl (C=O) groups is 1. The van der Waals surface area contributed by atoms with Crippen molar-refractivity contribution in [3.63, 3.8) is 0 Å². The van der Waals surface area contributed by atoms with Crippen molar-refractivity contribution >= 4 is 23.1 Å². The molecule has 17 heavy (non-hydrogen) atoms. The Morgan fingerprint density at radius 2 is 1.88 bits per heavy atom. The Labute approximate surface area is 104 Å². The van der Waals surface area contributed by atoms with Gasteiger partial charge >= 0.3 is 0 Å². The number of carbonyl (C=O) groups excluding carboxylic acids is 1. The SMILES string of the molecule is CCN(CC(N)=S)C(=O)c1cc(O)cc(O)c1. The van der Waals surface area contributed by atoms with Crippen LogP contribution in [0.15, 0.2) is 18.2 Å². The molecule has 0 aromatic heterocycles. The number of aromatic hydroxyl groups is 2. The van der Waals surface area contributed by atoms with Gasteiger partial charge in [-0.1, -0.05) is 12.2 Å². The second-order valence-electron chi connectivity index (χ2n) is 3.52. The van der Waals surface area contributed by atoms with Gasteiger partial charge in [-0.15, -0.1) is 0 Å². The van der Waals surface area contributed by atoms with Gasteiger partial charge in [0.05, 0.1) is 11.5 Å². The third-order valence-electron chi connectivity index (χ3n) is 2.17. The lowest BCUT2D eigenvalue weighted by atomic mass is 10.1. The van der Waals surface area contributed by atoms with Gasteiger partial charge in [-0.2, -0.15) is 0 Å². The van der Waals surface area contributed by atoms with Crippen LogP contribution in [0.3, 0.4) is 0 Å². The molecule has 0 fully saturated rings. The predicted molar refractivity (Wildman–Crippen MR) is 68.1 cm³/mol. The monoisotopic (exact) mass is 254 g/mol. The van der Waals surface area contributed by atoms with Crippen LogP contribution in [-0.2, 0) is 0 Å². The van der Waals surface area contributed by atoms with Gasteiger partial charge in [0, 0.05) is 18.2 Å². The number of nitrogens with two attached hydrogens (primary N) is 1. The summed E-state index contributed by atoms with van der Waals surface area (Å²) in [5, 5.41) is 18.6. The molecule has 0 radical (unpaired) electrons. The summed E-state index contributed by atoms with van der Waals surface area (Å²) < 4.78 is 0. The smallest absolute Gasteiger partial charge is 0.254 e. The molecule has 0 unspecified atom stereocenters. The van der Waals surface area contributed by atoms with Crippen LogP contribution in [0.2, 0.25) is 0 Å². The fourth-order valence-electron chi connectivity index (χ4n) is 1.42. The molecule has 0 heterocycles. The third-order valence-corrected chi connectivity index (χ3v) is 2.29. The van der Waals surface area contributed by atoms with Gasteiger partial charge in [0.1, 0.15) is 11.5 Å². The molecule has 1 rings (SSSR count). The van der Waals surface area contributed by atoms with Gasteiger partial charge in [-0.05, 0) is 19.1 Å². The molecule has 1 aromatic carbocycles. The minimum Gasteiger partial charge on any atom is -0.508 e. The first-order valence-corrected chi connectivity index (χ1v) is 5.45. The van der Waals surface area contributed by atoms with Crippen molar-refractivity contribution in [2.24, 2.45) is 5.73 Å². The van der Waals surface area contributed by atoms with E-state index in [9.17, 15) is 15.0 Å². The Balaban J connectivity index is 2.97. The maximum absolute atomic E-state index is 12.0. The molecule has 0 saturated heterocycles. The molecule has 5 nitrogen and oxygen atoms in total. The van der Waals surface area contributed by atoms with Crippen LogP contribution in [0, 0.1) is 0 Å². The minimum absolute atomic E-state index is 0.167. The summed E-state index contributed by atoms with van der Waals surface area (Å²) in [4.78, 5) is 13.6. The number of rotatable bonds is 4. The average Bonchev–Trinajstić information content (AvgIpc) is 2.23. The molecule has 0 bridgehead atoms. The van der Waals surface area contributed by atoms with Gasteiger partial charge in [0.15, 0.2) is 0 Å². The second kappa shape index (κ2) is 5.49. The van der Waals surface area contributed by atoms with E-state index in [0.717, 1.165) is 6.07 Å². The zero-order valence-electron chi connectivity index (χ0n) is 9.38. The highest BCUT2D eigenvalue weighted by atomic mass is 32.1. The summed E-state index contributed by atoms with van der Waals surface area (Å²) in [6.07, 6.45) is 0. The fourth-order valence-corrected chi connectivity index (χ4v) is 1.57. The van der Waals surface area contributed by atoms with E-state index < -0.39 is 0 Å². The van der Waals surface area contributed by atoms with E-state index in [1.165, 1.54) is 17.0 Å². The molecule has 92 valence electrons.